The van der Waals surface area contributed by atoms with Gasteiger partial charge in [0.2, 0.25) is 5.75 Å². The lowest BCUT2D eigenvalue weighted by Crippen LogP contribution is -2.21. The summed E-state index contributed by atoms with van der Waals surface area (Å²) >= 11 is 3.16. The van der Waals surface area contributed by atoms with Crippen molar-refractivity contribution in [1.29, 1.82) is 0 Å². The predicted molar refractivity (Wildman–Crippen MR) is 106 cm³/mol. The fourth-order valence-corrected chi connectivity index (χ4v) is 3.02. The molecule has 0 atom stereocenters. The number of esters is 1. The molecule has 0 aliphatic heterocycles. The third-order valence-corrected chi connectivity index (χ3v) is 4.31. The molecule has 0 radical (unpaired) electrons. The van der Waals surface area contributed by atoms with Crippen LogP contribution in [0.3, 0.4) is 0 Å². The smallest absolute Gasteiger partial charge is 0.342 e. The lowest BCUT2D eigenvalue weighted by molar-refractivity contribution is -0.119. The SMILES string of the molecule is COc1cc(NC(=O)COC(=O)c2cc(C)cc(Br)c2O)cc(OC)c1OC. The lowest BCUT2D eigenvalue weighted by Gasteiger charge is -2.14. The molecule has 0 aromatic heterocycles. The number of methoxy groups -OCH3 is 3. The van der Waals surface area contributed by atoms with E-state index in [0.29, 0.717) is 27.4 Å². The minimum absolute atomic E-state index is 0.0348. The number of carbonyl (C=O) groups excluding carboxylic acids is 2. The molecule has 2 aromatic carbocycles. The number of halogens is 1. The van der Waals surface area contributed by atoms with Gasteiger partial charge in [0.1, 0.15) is 11.3 Å². The number of rotatable bonds is 7. The van der Waals surface area contributed by atoms with E-state index in [1.54, 1.807) is 25.1 Å². The van der Waals surface area contributed by atoms with Crippen LogP contribution < -0.4 is 19.5 Å². The van der Waals surface area contributed by atoms with Crippen LogP contribution in [0.15, 0.2) is 28.7 Å². The zero-order chi connectivity index (χ0) is 20.8. The number of hydrogen-bond donors (Lipinski definition) is 2. The maximum absolute atomic E-state index is 12.2. The van der Waals surface area contributed by atoms with Crippen LogP contribution in [0, 0.1) is 6.92 Å². The van der Waals surface area contributed by atoms with E-state index in [2.05, 4.69) is 21.2 Å². The van der Waals surface area contributed by atoms with Crippen LogP contribution in [0.4, 0.5) is 5.69 Å². The van der Waals surface area contributed by atoms with Crippen molar-refractivity contribution in [1.82, 2.24) is 0 Å². The van der Waals surface area contributed by atoms with Crippen LogP contribution in [-0.4, -0.2) is 44.9 Å². The molecule has 9 heteroatoms. The van der Waals surface area contributed by atoms with Crippen molar-refractivity contribution in [2.45, 2.75) is 6.92 Å². The molecule has 1 amide bonds. The zero-order valence-electron chi connectivity index (χ0n) is 15.8. The molecule has 2 aromatic rings. The van der Waals surface area contributed by atoms with Gasteiger partial charge in [-0.2, -0.15) is 0 Å². The highest BCUT2D eigenvalue weighted by atomic mass is 79.9. The van der Waals surface area contributed by atoms with E-state index in [4.69, 9.17) is 18.9 Å². The van der Waals surface area contributed by atoms with Crippen molar-refractivity contribution in [2.24, 2.45) is 0 Å². The number of phenolic OH excluding ortho intramolecular Hbond substituents is 1. The summed E-state index contributed by atoms with van der Waals surface area (Å²) in [7, 11) is 4.38. The van der Waals surface area contributed by atoms with Gasteiger partial charge in [-0.3, -0.25) is 4.79 Å². The summed E-state index contributed by atoms with van der Waals surface area (Å²) in [6.45, 7) is 1.22. The average molecular weight is 454 g/mol. The molecule has 150 valence electrons. The molecule has 0 aliphatic rings. The Labute approximate surface area is 170 Å². The molecule has 0 spiro atoms. The van der Waals surface area contributed by atoms with Crippen LogP contribution >= 0.6 is 15.9 Å². The van der Waals surface area contributed by atoms with E-state index in [1.807, 2.05) is 0 Å². The Balaban J connectivity index is 2.08. The first-order chi connectivity index (χ1) is 13.3. The summed E-state index contributed by atoms with van der Waals surface area (Å²) in [5, 5.41) is 12.6. The molecule has 0 unspecified atom stereocenters. The first-order valence-corrected chi connectivity index (χ1v) is 8.86. The van der Waals surface area contributed by atoms with Crippen molar-refractivity contribution in [3.05, 3.63) is 39.9 Å². The highest BCUT2D eigenvalue weighted by molar-refractivity contribution is 9.10. The predicted octanol–water partition coefficient (Wildman–Crippen LogP) is 3.28. The quantitative estimate of drug-likeness (QED) is 0.619. The zero-order valence-corrected chi connectivity index (χ0v) is 17.4. The van der Waals surface area contributed by atoms with Gasteiger partial charge in [-0.1, -0.05) is 0 Å². The van der Waals surface area contributed by atoms with Gasteiger partial charge in [-0.25, -0.2) is 4.79 Å². The van der Waals surface area contributed by atoms with Gasteiger partial charge in [-0.05, 0) is 40.5 Å². The Morgan fingerprint density at radius 2 is 1.64 bits per heavy atom. The topological polar surface area (TPSA) is 103 Å². The monoisotopic (exact) mass is 453 g/mol. The molecule has 0 saturated carbocycles. The highest BCUT2D eigenvalue weighted by Crippen LogP contribution is 2.39. The molecule has 2 rings (SSSR count). The highest BCUT2D eigenvalue weighted by Gasteiger charge is 2.18. The first-order valence-electron chi connectivity index (χ1n) is 8.06. The summed E-state index contributed by atoms with van der Waals surface area (Å²) < 4.78 is 21.0. The molecule has 0 bridgehead atoms. The molecular formula is C19H20BrNO7. The Kier molecular flexibility index (Phi) is 7.11. The third kappa shape index (κ3) is 4.86. The Hall–Kier alpha value is -2.94. The fraction of sp³-hybridized carbons (Fsp3) is 0.263. The largest absolute Gasteiger partial charge is 0.506 e. The fourth-order valence-electron chi connectivity index (χ4n) is 2.45. The van der Waals surface area contributed by atoms with E-state index in [1.165, 1.54) is 27.4 Å². The number of phenols is 1. The van der Waals surface area contributed by atoms with Crippen LogP contribution in [0.2, 0.25) is 0 Å². The number of benzene rings is 2. The first kappa shape index (κ1) is 21.4. The van der Waals surface area contributed by atoms with E-state index < -0.39 is 18.5 Å². The summed E-state index contributed by atoms with van der Waals surface area (Å²) in [5.41, 5.74) is 1.09. The second-order valence-electron chi connectivity index (χ2n) is 5.68. The lowest BCUT2D eigenvalue weighted by atomic mass is 10.1. The number of aryl methyl sites for hydroxylation is 1. The van der Waals surface area contributed by atoms with Gasteiger partial charge < -0.3 is 29.4 Å². The van der Waals surface area contributed by atoms with Crippen molar-refractivity contribution >= 4 is 33.5 Å². The number of nitrogens with one attached hydrogen (secondary N) is 1. The second kappa shape index (κ2) is 9.32. The van der Waals surface area contributed by atoms with E-state index in [0.717, 1.165) is 5.56 Å². The van der Waals surface area contributed by atoms with Gasteiger partial charge >= 0.3 is 5.97 Å². The van der Waals surface area contributed by atoms with Gasteiger partial charge in [0.15, 0.2) is 18.1 Å². The second-order valence-corrected chi connectivity index (χ2v) is 6.54. The molecular weight excluding hydrogens is 434 g/mol. The van der Waals surface area contributed by atoms with Crippen LogP contribution in [0.25, 0.3) is 0 Å². The molecule has 0 aliphatic carbocycles. The van der Waals surface area contributed by atoms with E-state index in [-0.39, 0.29) is 11.3 Å². The van der Waals surface area contributed by atoms with E-state index >= 15 is 0 Å². The normalized spacial score (nSPS) is 10.2. The number of amides is 1. The van der Waals surface area contributed by atoms with Crippen molar-refractivity contribution < 1.29 is 33.6 Å². The third-order valence-electron chi connectivity index (χ3n) is 3.71. The Morgan fingerprint density at radius 3 is 2.18 bits per heavy atom. The Bertz CT molecular complexity index is 873. The van der Waals surface area contributed by atoms with Gasteiger partial charge in [-0.15, -0.1) is 0 Å². The molecule has 0 fully saturated rings. The molecule has 2 N–H and O–H groups in total. The number of ether oxygens (including phenoxy) is 4. The van der Waals surface area contributed by atoms with Crippen molar-refractivity contribution in [3.63, 3.8) is 0 Å². The maximum Gasteiger partial charge on any atom is 0.342 e. The minimum Gasteiger partial charge on any atom is -0.506 e. The summed E-state index contributed by atoms with van der Waals surface area (Å²) in [4.78, 5) is 24.3. The molecule has 0 heterocycles. The summed E-state index contributed by atoms with van der Waals surface area (Å²) in [6.07, 6.45) is 0. The number of hydrogen-bond acceptors (Lipinski definition) is 7. The summed E-state index contributed by atoms with van der Waals surface area (Å²) in [5.74, 6) is -0.529. The van der Waals surface area contributed by atoms with Crippen molar-refractivity contribution in [2.75, 3.05) is 33.3 Å². The minimum atomic E-state index is -0.818. The molecule has 0 saturated heterocycles. The van der Waals surface area contributed by atoms with Gasteiger partial charge in [0.25, 0.3) is 5.91 Å². The Morgan fingerprint density at radius 1 is 1.04 bits per heavy atom. The van der Waals surface area contributed by atoms with Crippen molar-refractivity contribution in [3.8, 4) is 23.0 Å². The molecule has 8 nitrogen and oxygen atoms in total. The maximum atomic E-state index is 12.2. The standard InChI is InChI=1S/C19H20BrNO7/c1-10-5-12(17(23)13(20)6-10)19(24)28-9-16(22)21-11-7-14(25-2)18(27-4)15(8-11)26-3/h5-8,23H,9H2,1-4H3,(H,21,22). The summed E-state index contributed by atoms with van der Waals surface area (Å²) in [6, 6.07) is 6.22. The van der Waals surface area contributed by atoms with Crippen LogP contribution in [0.5, 0.6) is 23.0 Å². The number of carbonyl (C=O) groups is 2. The van der Waals surface area contributed by atoms with Gasteiger partial charge in [0, 0.05) is 17.8 Å². The van der Waals surface area contributed by atoms with Gasteiger partial charge in [0.05, 0.1) is 25.8 Å². The van der Waals surface area contributed by atoms with Crippen LogP contribution in [0.1, 0.15) is 15.9 Å². The van der Waals surface area contributed by atoms with Crippen LogP contribution in [-0.2, 0) is 9.53 Å². The van der Waals surface area contributed by atoms with E-state index in [9.17, 15) is 14.7 Å². The number of aromatic hydroxyl groups is 1. The average Bonchev–Trinajstić information content (AvgIpc) is 2.67. The number of anilines is 1. The molecule has 28 heavy (non-hydrogen) atoms.